The molecule has 1 heterocycles. The van der Waals surface area contributed by atoms with Gasteiger partial charge < -0.3 is 15.1 Å². The van der Waals surface area contributed by atoms with E-state index in [2.05, 4.69) is 21.7 Å². The van der Waals surface area contributed by atoms with Gasteiger partial charge in [-0.05, 0) is 67.4 Å². The lowest BCUT2D eigenvalue weighted by Crippen LogP contribution is -2.19. The van der Waals surface area contributed by atoms with Crippen LogP contribution in [-0.4, -0.2) is 11.0 Å². The van der Waals surface area contributed by atoms with Gasteiger partial charge in [-0.3, -0.25) is 0 Å². The molecule has 0 saturated carbocycles. The maximum atomic E-state index is 12.3. The fraction of sp³-hybridized carbons (Fsp3) is 0.0909. The Balaban J connectivity index is 1.52. The van der Waals surface area contributed by atoms with Gasteiger partial charge >= 0.3 is 6.03 Å². The molecule has 5 nitrogen and oxygen atoms in total. The number of carbonyl (C=O) groups excluding carboxylic acids is 1. The van der Waals surface area contributed by atoms with Gasteiger partial charge in [0, 0.05) is 16.9 Å². The highest BCUT2D eigenvalue weighted by Gasteiger charge is 2.09. The number of fused-ring (bicyclic) bond motifs is 1. The minimum absolute atomic E-state index is 0.297. The van der Waals surface area contributed by atoms with Crippen LogP contribution in [0, 0.1) is 13.8 Å². The molecule has 2 N–H and O–H groups in total. The SMILES string of the molecule is Cc1cc(C)cc(NC(=O)Nc2cccc(-c3nc4ccccc4o3)c2)c1. The first-order chi connectivity index (χ1) is 13.1. The van der Waals surface area contributed by atoms with Gasteiger partial charge in [-0.25, -0.2) is 9.78 Å². The van der Waals surface area contributed by atoms with Crippen LogP contribution in [0.2, 0.25) is 0 Å². The maximum Gasteiger partial charge on any atom is 0.323 e. The van der Waals surface area contributed by atoms with E-state index in [9.17, 15) is 4.79 Å². The molecular formula is C22H19N3O2. The van der Waals surface area contributed by atoms with E-state index in [-0.39, 0.29) is 6.03 Å². The molecule has 134 valence electrons. The second-order valence-corrected chi connectivity index (χ2v) is 6.52. The Hall–Kier alpha value is -3.60. The van der Waals surface area contributed by atoms with Crippen LogP contribution in [0.4, 0.5) is 16.2 Å². The molecule has 0 bridgehead atoms. The van der Waals surface area contributed by atoms with E-state index in [1.807, 2.05) is 74.5 Å². The fourth-order valence-electron chi connectivity index (χ4n) is 3.07. The van der Waals surface area contributed by atoms with Crippen LogP contribution < -0.4 is 10.6 Å². The number of aryl methyl sites for hydroxylation is 2. The molecule has 0 saturated heterocycles. The Bertz CT molecular complexity index is 1080. The molecule has 0 radical (unpaired) electrons. The van der Waals surface area contributed by atoms with Crippen LogP contribution in [0.5, 0.6) is 0 Å². The van der Waals surface area contributed by atoms with Crippen molar-refractivity contribution in [2.24, 2.45) is 0 Å². The monoisotopic (exact) mass is 357 g/mol. The summed E-state index contributed by atoms with van der Waals surface area (Å²) in [5, 5.41) is 5.72. The predicted molar refractivity (Wildman–Crippen MR) is 108 cm³/mol. The Morgan fingerprint density at radius 1 is 0.852 bits per heavy atom. The number of para-hydroxylation sites is 2. The summed E-state index contributed by atoms with van der Waals surface area (Å²) in [5.74, 6) is 0.523. The molecule has 1 aromatic heterocycles. The topological polar surface area (TPSA) is 67.2 Å². The van der Waals surface area contributed by atoms with Gasteiger partial charge in [0.15, 0.2) is 5.58 Å². The average Bonchev–Trinajstić information content (AvgIpc) is 3.05. The zero-order valence-corrected chi connectivity index (χ0v) is 15.1. The molecule has 3 aromatic carbocycles. The van der Waals surface area contributed by atoms with E-state index in [1.165, 1.54) is 0 Å². The zero-order chi connectivity index (χ0) is 18.8. The number of anilines is 2. The van der Waals surface area contributed by atoms with Crippen LogP contribution in [0.3, 0.4) is 0 Å². The minimum Gasteiger partial charge on any atom is -0.436 e. The molecule has 5 heteroatoms. The first kappa shape index (κ1) is 16.8. The van der Waals surface area contributed by atoms with Gasteiger partial charge in [0.1, 0.15) is 5.52 Å². The lowest BCUT2D eigenvalue weighted by Gasteiger charge is -2.10. The Labute approximate surface area is 157 Å². The largest absolute Gasteiger partial charge is 0.436 e. The van der Waals surface area contributed by atoms with E-state index in [1.54, 1.807) is 0 Å². The number of rotatable bonds is 3. The smallest absolute Gasteiger partial charge is 0.323 e. The van der Waals surface area contributed by atoms with Crippen LogP contribution in [0.15, 0.2) is 71.1 Å². The van der Waals surface area contributed by atoms with Gasteiger partial charge in [-0.2, -0.15) is 0 Å². The maximum absolute atomic E-state index is 12.3. The van der Waals surface area contributed by atoms with Crippen molar-refractivity contribution >= 4 is 28.5 Å². The number of nitrogens with zero attached hydrogens (tertiary/aromatic N) is 1. The molecule has 0 aliphatic heterocycles. The Morgan fingerprint density at radius 2 is 1.59 bits per heavy atom. The lowest BCUT2D eigenvalue weighted by molar-refractivity contribution is 0.262. The third kappa shape index (κ3) is 3.82. The predicted octanol–water partition coefficient (Wildman–Crippen LogP) is 5.76. The quantitative estimate of drug-likeness (QED) is 0.490. The number of urea groups is 1. The van der Waals surface area contributed by atoms with E-state index in [4.69, 9.17) is 4.42 Å². The molecular weight excluding hydrogens is 338 g/mol. The summed E-state index contributed by atoms with van der Waals surface area (Å²) < 4.78 is 5.80. The number of hydrogen-bond acceptors (Lipinski definition) is 3. The molecule has 0 unspecified atom stereocenters. The highest BCUT2D eigenvalue weighted by Crippen LogP contribution is 2.26. The zero-order valence-electron chi connectivity index (χ0n) is 15.1. The van der Waals surface area contributed by atoms with E-state index >= 15 is 0 Å². The summed E-state index contributed by atoms with van der Waals surface area (Å²) in [6, 6.07) is 20.7. The lowest BCUT2D eigenvalue weighted by atomic mass is 10.1. The van der Waals surface area contributed by atoms with Gasteiger partial charge in [-0.1, -0.05) is 24.3 Å². The number of carbonyl (C=O) groups is 1. The minimum atomic E-state index is -0.297. The number of oxazole rings is 1. The summed E-state index contributed by atoms with van der Waals surface area (Å²) in [4.78, 5) is 16.8. The molecule has 4 rings (SSSR count). The first-order valence-electron chi connectivity index (χ1n) is 8.69. The molecule has 0 aliphatic carbocycles. The summed E-state index contributed by atoms with van der Waals surface area (Å²) >= 11 is 0. The highest BCUT2D eigenvalue weighted by molar-refractivity contribution is 6.00. The second-order valence-electron chi connectivity index (χ2n) is 6.52. The molecule has 27 heavy (non-hydrogen) atoms. The fourth-order valence-corrected chi connectivity index (χ4v) is 3.07. The molecule has 0 spiro atoms. The third-order valence-electron chi connectivity index (χ3n) is 4.14. The average molecular weight is 357 g/mol. The van der Waals surface area contributed by atoms with Crippen molar-refractivity contribution in [3.8, 4) is 11.5 Å². The van der Waals surface area contributed by atoms with E-state index in [0.29, 0.717) is 11.6 Å². The molecule has 0 fully saturated rings. The van der Waals surface area contributed by atoms with Gasteiger partial charge in [0.25, 0.3) is 0 Å². The van der Waals surface area contributed by atoms with Crippen molar-refractivity contribution < 1.29 is 9.21 Å². The Morgan fingerprint density at radius 3 is 2.37 bits per heavy atom. The molecule has 4 aromatic rings. The van der Waals surface area contributed by atoms with Crippen molar-refractivity contribution in [1.82, 2.24) is 4.98 Å². The van der Waals surface area contributed by atoms with Gasteiger partial charge in [-0.15, -0.1) is 0 Å². The third-order valence-corrected chi connectivity index (χ3v) is 4.14. The van der Waals surface area contributed by atoms with Crippen LogP contribution in [-0.2, 0) is 0 Å². The number of amides is 2. The summed E-state index contributed by atoms with van der Waals surface area (Å²) in [7, 11) is 0. The van der Waals surface area contributed by atoms with Crippen molar-refractivity contribution in [1.29, 1.82) is 0 Å². The molecule has 2 amide bonds. The molecule has 0 atom stereocenters. The van der Waals surface area contributed by atoms with Crippen molar-refractivity contribution in [3.63, 3.8) is 0 Å². The summed E-state index contributed by atoms with van der Waals surface area (Å²) in [6.45, 7) is 4.00. The van der Waals surface area contributed by atoms with Crippen LogP contribution in [0.25, 0.3) is 22.6 Å². The van der Waals surface area contributed by atoms with E-state index in [0.717, 1.165) is 33.5 Å². The number of nitrogens with one attached hydrogen (secondary N) is 2. The number of benzene rings is 3. The van der Waals surface area contributed by atoms with E-state index < -0.39 is 0 Å². The van der Waals surface area contributed by atoms with Crippen molar-refractivity contribution in [2.75, 3.05) is 10.6 Å². The van der Waals surface area contributed by atoms with Crippen molar-refractivity contribution in [2.45, 2.75) is 13.8 Å². The second kappa shape index (κ2) is 6.96. The van der Waals surface area contributed by atoms with Gasteiger partial charge in [0.05, 0.1) is 0 Å². The number of aromatic nitrogens is 1. The molecule has 0 aliphatic rings. The Kier molecular flexibility index (Phi) is 4.34. The highest BCUT2D eigenvalue weighted by atomic mass is 16.3. The van der Waals surface area contributed by atoms with Crippen LogP contribution in [0.1, 0.15) is 11.1 Å². The standard InChI is InChI=1S/C22H19N3O2/c1-14-10-15(2)12-18(11-14)24-22(26)23-17-7-5-6-16(13-17)21-25-19-8-3-4-9-20(19)27-21/h3-13H,1-2H3,(H2,23,24,26). The summed E-state index contributed by atoms with van der Waals surface area (Å²) in [6.07, 6.45) is 0. The van der Waals surface area contributed by atoms with Crippen LogP contribution >= 0.6 is 0 Å². The summed E-state index contributed by atoms with van der Waals surface area (Å²) in [5.41, 5.74) is 5.97. The number of hydrogen-bond donors (Lipinski definition) is 2. The normalized spacial score (nSPS) is 10.7. The first-order valence-corrected chi connectivity index (χ1v) is 8.69. The van der Waals surface area contributed by atoms with Gasteiger partial charge in [0.2, 0.25) is 5.89 Å². The van der Waals surface area contributed by atoms with Crippen molar-refractivity contribution in [3.05, 3.63) is 77.9 Å².